The predicted molar refractivity (Wildman–Crippen MR) is 71.1 cm³/mol. The number of hydrogen-bond acceptors (Lipinski definition) is 5. The van der Waals surface area contributed by atoms with Crippen molar-refractivity contribution in [1.82, 2.24) is 0 Å². The summed E-state index contributed by atoms with van der Waals surface area (Å²) < 4.78 is 28.7. The lowest BCUT2D eigenvalue weighted by Crippen LogP contribution is -2.27. The van der Waals surface area contributed by atoms with E-state index in [-0.39, 0.29) is 31.7 Å². The van der Waals surface area contributed by atoms with Gasteiger partial charge in [-0.15, -0.1) is 0 Å². The van der Waals surface area contributed by atoms with Crippen LogP contribution in [0, 0.1) is 5.82 Å². The first-order valence-corrected chi connectivity index (χ1v) is 6.37. The van der Waals surface area contributed by atoms with Gasteiger partial charge in [0, 0.05) is 13.2 Å². The lowest BCUT2D eigenvalue weighted by molar-refractivity contribution is -0.0423. The average Bonchev–Trinajstić information content (AvgIpc) is 2.42. The molecule has 0 aliphatic carbocycles. The van der Waals surface area contributed by atoms with E-state index in [0.717, 1.165) is 0 Å². The van der Waals surface area contributed by atoms with Crippen LogP contribution in [0.15, 0.2) is 18.2 Å². The highest BCUT2D eigenvalue weighted by Crippen LogP contribution is 2.16. The summed E-state index contributed by atoms with van der Waals surface area (Å²) in [7, 11) is 1.57. The second-order valence-corrected chi connectivity index (χ2v) is 4.52. The van der Waals surface area contributed by atoms with E-state index in [2.05, 4.69) is 0 Å². The minimum atomic E-state index is -0.824. The quantitative estimate of drug-likeness (QED) is 0.712. The minimum Gasteiger partial charge on any atom is -0.491 e. The number of rotatable bonds is 9. The maximum atomic E-state index is 13.2. The summed E-state index contributed by atoms with van der Waals surface area (Å²) in [6, 6.07) is 3.93. The molecule has 20 heavy (non-hydrogen) atoms. The van der Waals surface area contributed by atoms with Gasteiger partial charge in [0.1, 0.15) is 24.3 Å². The molecule has 0 bridgehead atoms. The van der Waals surface area contributed by atoms with Crippen molar-refractivity contribution in [2.45, 2.75) is 25.7 Å². The lowest BCUT2D eigenvalue weighted by atomic mass is 10.2. The molecule has 1 aromatic rings. The third-order valence-electron chi connectivity index (χ3n) is 2.53. The molecular formula is C14H21FO5. The first kappa shape index (κ1) is 16.8. The summed E-state index contributed by atoms with van der Waals surface area (Å²) in [6.45, 7) is 2.09. The van der Waals surface area contributed by atoms with Crippen LogP contribution in [-0.2, 0) is 16.1 Å². The zero-order chi connectivity index (χ0) is 15.0. The maximum Gasteiger partial charge on any atom is 0.127 e. The van der Waals surface area contributed by atoms with Gasteiger partial charge in [0.25, 0.3) is 0 Å². The third kappa shape index (κ3) is 6.29. The molecular weight excluding hydrogens is 267 g/mol. The van der Waals surface area contributed by atoms with E-state index in [9.17, 15) is 9.50 Å². The Morgan fingerprint density at radius 3 is 2.60 bits per heavy atom. The van der Waals surface area contributed by atoms with E-state index in [4.69, 9.17) is 19.3 Å². The summed E-state index contributed by atoms with van der Waals surface area (Å²) in [5, 5.41) is 18.6. The summed E-state index contributed by atoms with van der Waals surface area (Å²) in [5.41, 5.74) is 0.416. The van der Waals surface area contributed by atoms with Crippen LogP contribution in [0.3, 0.4) is 0 Å². The van der Waals surface area contributed by atoms with Gasteiger partial charge in [0.2, 0.25) is 0 Å². The number of ether oxygens (including phenoxy) is 3. The normalized spacial score (nSPS) is 14.1. The summed E-state index contributed by atoms with van der Waals surface area (Å²) in [4.78, 5) is 0. The van der Waals surface area contributed by atoms with Crippen molar-refractivity contribution < 1.29 is 28.8 Å². The van der Waals surface area contributed by atoms with Crippen molar-refractivity contribution >= 4 is 0 Å². The van der Waals surface area contributed by atoms with Gasteiger partial charge in [-0.3, -0.25) is 0 Å². The number of aliphatic hydroxyl groups is 2. The van der Waals surface area contributed by atoms with Crippen LogP contribution in [-0.4, -0.2) is 49.4 Å². The van der Waals surface area contributed by atoms with Gasteiger partial charge in [-0.1, -0.05) is 0 Å². The van der Waals surface area contributed by atoms with Crippen molar-refractivity contribution in [2.75, 3.05) is 26.9 Å². The number of methoxy groups -OCH3 is 1. The van der Waals surface area contributed by atoms with Crippen LogP contribution < -0.4 is 4.74 Å². The fraction of sp³-hybridized carbons (Fsp3) is 0.571. The average molecular weight is 288 g/mol. The Bertz CT molecular complexity index is 399. The largest absolute Gasteiger partial charge is 0.491 e. The van der Waals surface area contributed by atoms with Gasteiger partial charge < -0.3 is 24.4 Å². The van der Waals surface area contributed by atoms with Crippen molar-refractivity contribution in [3.8, 4) is 5.75 Å². The van der Waals surface area contributed by atoms with Crippen molar-refractivity contribution in [3.05, 3.63) is 29.6 Å². The zero-order valence-corrected chi connectivity index (χ0v) is 11.7. The second kappa shape index (κ2) is 8.86. The Morgan fingerprint density at radius 1 is 1.20 bits per heavy atom. The first-order chi connectivity index (χ1) is 9.55. The molecule has 2 atom stereocenters. The molecule has 5 nitrogen and oxygen atoms in total. The Kier molecular flexibility index (Phi) is 7.46. The van der Waals surface area contributed by atoms with E-state index >= 15 is 0 Å². The molecule has 1 aromatic carbocycles. The molecule has 0 aromatic heterocycles. The standard InChI is InChI=1S/C14H21FO5/c1-10(7-18-2)19-8-13(17)9-20-14-4-11(6-16)3-12(15)5-14/h3-5,10,13,16-17H,6-9H2,1-2H3. The number of aliphatic hydroxyl groups excluding tert-OH is 2. The molecule has 0 saturated carbocycles. The minimum absolute atomic E-state index is 0.0198. The first-order valence-electron chi connectivity index (χ1n) is 6.37. The van der Waals surface area contributed by atoms with E-state index in [0.29, 0.717) is 12.2 Å². The maximum absolute atomic E-state index is 13.2. The van der Waals surface area contributed by atoms with Crippen LogP contribution in [0.2, 0.25) is 0 Å². The van der Waals surface area contributed by atoms with Crippen LogP contribution in [0.4, 0.5) is 4.39 Å². The molecule has 2 N–H and O–H groups in total. The molecule has 0 radical (unpaired) electrons. The van der Waals surface area contributed by atoms with Gasteiger partial charge in [-0.25, -0.2) is 4.39 Å². The smallest absolute Gasteiger partial charge is 0.127 e. The Hall–Kier alpha value is -1.21. The molecule has 0 saturated heterocycles. The van der Waals surface area contributed by atoms with Crippen LogP contribution in [0.1, 0.15) is 12.5 Å². The highest BCUT2D eigenvalue weighted by atomic mass is 19.1. The van der Waals surface area contributed by atoms with Gasteiger partial charge >= 0.3 is 0 Å². The van der Waals surface area contributed by atoms with E-state index < -0.39 is 11.9 Å². The SMILES string of the molecule is COCC(C)OCC(O)COc1cc(F)cc(CO)c1. The lowest BCUT2D eigenvalue weighted by Gasteiger charge is -2.16. The van der Waals surface area contributed by atoms with Gasteiger partial charge in [0.15, 0.2) is 0 Å². The number of benzene rings is 1. The molecule has 6 heteroatoms. The van der Waals surface area contributed by atoms with E-state index in [1.807, 2.05) is 6.92 Å². The number of halogens is 1. The highest BCUT2D eigenvalue weighted by molar-refractivity contribution is 5.29. The van der Waals surface area contributed by atoms with Crippen molar-refractivity contribution in [1.29, 1.82) is 0 Å². The van der Waals surface area contributed by atoms with Gasteiger partial charge in [-0.05, 0) is 24.6 Å². The fourth-order valence-corrected chi connectivity index (χ4v) is 1.59. The molecule has 0 aliphatic rings. The summed E-state index contributed by atoms with van der Waals surface area (Å²) >= 11 is 0. The molecule has 0 heterocycles. The highest BCUT2D eigenvalue weighted by Gasteiger charge is 2.10. The fourth-order valence-electron chi connectivity index (χ4n) is 1.59. The summed E-state index contributed by atoms with van der Waals surface area (Å²) in [6.07, 6.45) is -0.944. The molecule has 114 valence electrons. The molecule has 0 spiro atoms. The summed E-state index contributed by atoms with van der Waals surface area (Å²) in [5.74, 6) is -0.232. The molecule has 0 fully saturated rings. The molecule has 2 unspecified atom stereocenters. The monoisotopic (exact) mass is 288 g/mol. The Balaban J connectivity index is 2.37. The number of hydrogen-bond donors (Lipinski definition) is 2. The topological polar surface area (TPSA) is 68.2 Å². The molecule has 0 aliphatic heterocycles. The van der Waals surface area contributed by atoms with E-state index in [1.54, 1.807) is 7.11 Å². The zero-order valence-electron chi connectivity index (χ0n) is 11.7. The van der Waals surface area contributed by atoms with E-state index in [1.165, 1.54) is 18.2 Å². The molecule has 1 rings (SSSR count). The van der Waals surface area contributed by atoms with Gasteiger partial charge in [-0.2, -0.15) is 0 Å². The molecule has 0 amide bonds. The van der Waals surface area contributed by atoms with Crippen LogP contribution >= 0.6 is 0 Å². The van der Waals surface area contributed by atoms with Crippen molar-refractivity contribution in [3.63, 3.8) is 0 Å². The van der Waals surface area contributed by atoms with Crippen LogP contribution in [0.25, 0.3) is 0 Å². The van der Waals surface area contributed by atoms with Crippen LogP contribution in [0.5, 0.6) is 5.75 Å². The predicted octanol–water partition coefficient (Wildman–Crippen LogP) is 1.11. The third-order valence-corrected chi connectivity index (χ3v) is 2.53. The van der Waals surface area contributed by atoms with Gasteiger partial charge in [0.05, 0.1) is 25.9 Å². The van der Waals surface area contributed by atoms with Crippen molar-refractivity contribution in [2.24, 2.45) is 0 Å². The Labute approximate surface area is 117 Å². The Morgan fingerprint density at radius 2 is 1.95 bits per heavy atom. The second-order valence-electron chi connectivity index (χ2n) is 4.52.